The SMILES string of the molecule is Cc1ccc(C)c2[nH]c(=O)c([C@H](c3nnnn3Cc3ccccc3)N(Cc3cccnc3)Cc3ccco3)cc12. The molecule has 0 saturated heterocycles. The van der Waals surface area contributed by atoms with E-state index in [1.807, 2.05) is 79.9 Å². The molecule has 200 valence electrons. The first-order valence-electron chi connectivity index (χ1n) is 13.2. The number of benzene rings is 2. The van der Waals surface area contributed by atoms with Crippen LogP contribution < -0.4 is 5.56 Å². The van der Waals surface area contributed by atoms with Gasteiger partial charge in [-0.3, -0.25) is 14.7 Å². The van der Waals surface area contributed by atoms with Crippen LogP contribution in [0.4, 0.5) is 0 Å². The van der Waals surface area contributed by atoms with E-state index in [4.69, 9.17) is 4.42 Å². The maximum absolute atomic E-state index is 13.9. The van der Waals surface area contributed by atoms with Gasteiger partial charge in [-0.15, -0.1) is 5.10 Å². The van der Waals surface area contributed by atoms with Crippen LogP contribution in [-0.4, -0.2) is 35.1 Å². The van der Waals surface area contributed by atoms with Gasteiger partial charge >= 0.3 is 0 Å². The standard InChI is InChI=1S/C31H29N7O2/c1-21-12-13-22(2)28-26(21)16-27(31(39)33-28)29(30-34-35-36-38(30)19-23-8-4-3-5-9-23)37(20-25-11-7-15-40-25)18-24-10-6-14-32-17-24/h3-17,29H,18-20H2,1-2H3,(H,33,39)/t29-/m1/s1. The van der Waals surface area contributed by atoms with Crippen molar-refractivity contribution in [2.75, 3.05) is 0 Å². The van der Waals surface area contributed by atoms with Crippen LogP contribution in [0.2, 0.25) is 0 Å². The minimum atomic E-state index is -0.586. The highest BCUT2D eigenvalue weighted by Crippen LogP contribution is 2.31. The second-order valence-electron chi connectivity index (χ2n) is 9.97. The summed E-state index contributed by atoms with van der Waals surface area (Å²) in [5.74, 6) is 1.33. The lowest BCUT2D eigenvalue weighted by molar-refractivity contribution is 0.179. The van der Waals surface area contributed by atoms with Crippen LogP contribution in [0.15, 0.2) is 101 Å². The van der Waals surface area contributed by atoms with Crippen molar-refractivity contribution in [1.82, 2.24) is 35.1 Å². The van der Waals surface area contributed by atoms with Crippen molar-refractivity contribution in [2.45, 2.75) is 39.5 Å². The van der Waals surface area contributed by atoms with Gasteiger partial charge in [0.05, 0.1) is 24.9 Å². The van der Waals surface area contributed by atoms with E-state index in [1.165, 1.54) is 0 Å². The Bertz CT molecular complexity index is 1780. The summed E-state index contributed by atoms with van der Waals surface area (Å²) < 4.78 is 7.53. The molecule has 0 spiro atoms. The molecule has 9 nitrogen and oxygen atoms in total. The van der Waals surface area contributed by atoms with E-state index in [1.54, 1.807) is 17.1 Å². The number of aryl methyl sites for hydroxylation is 2. The molecular formula is C31H29N7O2. The molecule has 0 saturated carbocycles. The summed E-state index contributed by atoms with van der Waals surface area (Å²) in [4.78, 5) is 23.5. The van der Waals surface area contributed by atoms with Crippen LogP contribution in [0.25, 0.3) is 10.9 Å². The zero-order chi connectivity index (χ0) is 27.5. The topological polar surface area (TPSA) is 106 Å². The number of tetrazole rings is 1. The van der Waals surface area contributed by atoms with Crippen molar-refractivity contribution in [3.63, 3.8) is 0 Å². The molecule has 9 heteroatoms. The summed E-state index contributed by atoms with van der Waals surface area (Å²) in [5, 5.41) is 13.9. The molecule has 0 bridgehead atoms. The van der Waals surface area contributed by atoms with Gasteiger partial charge in [0, 0.05) is 29.9 Å². The highest BCUT2D eigenvalue weighted by molar-refractivity contribution is 5.85. The van der Waals surface area contributed by atoms with Gasteiger partial charge in [-0.1, -0.05) is 48.5 Å². The number of nitrogens with one attached hydrogen (secondary N) is 1. The summed E-state index contributed by atoms with van der Waals surface area (Å²) in [5.41, 5.74) is 5.34. The van der Waals surface area contributed by atoms with E-state index in [2.05, 4.69) is 43.4 Å². The predicted molar refractivity (Wildman–Crippen MR) is 151 cm³/mol. The van der Waals surface area contributed by atoms with Gasteiger partial charge in [-0.05, 0) is 70.8 Å². The fourth-order valence-corrected chi connectivity index (χ4v) is 5.14. The minimum absolute atomic E-state index is 0.184. The largest absolute Gasteiger partial charge is 0.468 e. The second kappa shape index (κ2) is 11.1. The van der Waals surface area contributed by atoms with Crippen molar-refractivity contribution in [1.29, 1.82) is 0 Å². The van der Waals surface area contributed by atoms with E-state index in [0.717, 1.165) is 38.9 Å². The number of rotatable bonds is 9. The third-order valence-corrected chi connectivity index (χ3v) is 7.16. The molecule has 0 amide bonds. The van der Waals surface area contributed by atoms with Gasteiger partial charge in [-0.2, -0.15) is 0 Å². The number of nitrogens with zero attached hydrogens (tertiary/aromatic N) is 6. The Kier molecular flexibility index (Phi) is 7.03. The monoisotopic (exact) mass is 531 g/mol. The lowest BCUT2D eigenvalue weighted by atomic mass is 9.99. The smallest absolute Gasteiger partial charge is 0.253 e. The predicted octanol–water partition coefficient (Wildman–Crippen LogP) is 4.96. The molecule has 0 aliphatic rings. The lowest BCUT2D eigenvalue weighted by Gasteiger charge is -2.30. The number of pyridine rings is 2. The van der Waals surface area contributed by atoms with Crippen LogP contribution in [0.1, 0.15) is 45.4 Å². The number of fused-ring (bicyclic) bond motifs is 1. The van der Waals surface area contributed by atoms with Gasteiger partial charge in [0.25, 0.3) is 5.56 Å². The van der Waals surface area contributed by atoms with Crippen molar-refractivity contribution < 1.29 is 4.42 Å². The average molecular weight is 532 g/mol. The van der Waals surface area contributed by atoms with Crippen LogP contribution >= 0.6 is 0 Å². The summed E-state index contributed by atoms with van der Waals surface area (Å²) in [7, 11) is 0. The summed E-state index contributed by atoms with van der Waals surface area (Å²) in [6, 6.07) is 23.2. The van der Waals surface area contributed by atoms with E-state index in [0.29, 0.717) is 31.0 Å². The van der Waals surface area contributed by atoms with E-state index < -0.39 is 6.04 Å². The molecule has 0 radical (unpaired) electrons. The first kappa shape index (κ1) is 25.4. The van der Waals surface area contributed by atoms with Crippen molar-refractivity contribution in [3.05, 3.63) is 141 Å². The van der Waals surface area contributed by atoms with Crippen molar-refractivity contribution in [2.24, 2.45) is 0 Å². The number of H-pyrrole nitrogens is 1. The van der Waals surface area contributed by atoms with Gasteiger partial charge in [0.1, 0.15) is 11.8 Å². The Morgan fingerprint density at radius 2 is 1.77 bits per heavy atom. The normalized spacial score (nSPS) is 12.3. The molecule has 40 heavy (non-hydrogen) atoms. The third-order valence-electron chi connectivity index (χ3n) is 7.16. The maximum atomic E-state index is 13.9. The Morgan fingerprint density at radius 3 is 2.55 bits per heavy atom. The maximum Gasteiger partial charge on any atom is 0.253 e. The third kappa shape index (κ3) is 5.19. The van der Waals surface area contributed by atoms with Crippen LogP contribution in [0, 0.1) is 13.8 Å². The Morgan fingerprint density at radius 1 is 0.950 bits per heavy atom. The molecule has 0 aliphatic carbocycles. The summed E-state index contributed by atoms with van der Waals surface area (Å²) in [6.45, 7) is 5.43. The second-order valence-corrected chi connectivity index (χ2v) is 9.97. The van der Waals surface area contributed by atoms with Gasteiger partial charge in [-0.25, -0.2) is 4.68 Å². The zero-order valence-corrected chi connectivity index (χ0v) is 22.4. The molecule has 4 aromatic heterocycles. The number of aromatic nitrogens is 6. The first-order chi connectivity index (χ1) is 19.6. The van der Waals surface area contributed by atoms with Gasteiger partial charge < -0.3 is 9.40 Å². The van der Waals surface area contributed by atoms with Gasteiger partial charge in [0.15, 0.2) is 5.82 Å². The molecule has 0 fully saturated rings. The van der Waals surface area contributed by atoms with Gasteiger partial charge in [0.2, 0.25) is 0 Å². The van der Waals surface area contributed by atoms with Crippen LogP contribution in [0.3, 0.4) is 0 Å². The van der Waals surface area contributed by atoms with Crippen molar-refractivity contribution >= 4 is 10.9 Å². The number of hydrogen-bond donors (Lipinski definition) is 1. The number of hydrogen-bond acceptors (Lipinski definition) is 7. The quantitative estimate of drug-likeness (QED) is 0.281. The van der Waals surface area contributed by atoms with E-state index in [-0.39, 0.29) is 5.56 Å². The fourth-order valence-electron chi connectivity index (χ4n) is 5.14. The summed E-state index contributed by atoms with van der Waals surface area (Å²) >= 11 is 0. The van der Waals surface area contributed by atoms with E-state index >= 15 is 0 Å². The average Bonchev–Trinajstić information content (AvgIpc) is 3.65. The summed E-state index contributed by atoms with van der Waals surface area (Å²) in [6.07, 6.45) is 5.23. The zero-order valence-electron chi connectivity index (χ0n) is 22.4. The van der Waals surface area contributed by atoms with Crippen LogP contribution in [0.5, 0.6) is 0 Å². The Hall–Kier alpha value is -4.89. The number of furan rings is 1. The molecular weight excluding hydrogens is 502 g/mol. The van der Waals surface area contributed by atoms with E-state index in [9.17, 15) is 4.79 Å². The first-order valence-corrected chi connectivity index (χ1v) is 13.2. The fraction of sp³-hybridized carbons (Fsp3) is 0.194. The molecule has 1 atom stereocenters. The number of aromatic amines is 1. The highest BCUT2D eigenvalue weighted by Gasteiger charge is 2.31. The molecule has 0 unspecified atom stereocenters. The minimum Gasteiger partial charge on any atom is -0.468 e. The molecule has 6 rings (SSSR count). The lowest BCUT2D eigenvalue weighted by Crippen LogP contribution is -2.35. The molecule has 4 heterocycles. The Labute approximate surface area is 231 Å². The van der Waals surface area contributed by atoms with Crippen molar-refractivity contribution in [3.8, 4) is 0 Å². The Balaban J connectivity index is 1.55. The molecule has 6 aromatic rings. The highest BCUT2D eigenvalue weighted by atomic mass is 16.3. The molecule has 2 aromatic carbocycles. The molecule has 0 aliphatic heterocycles. The van der Waals surface area contributed by atoms with Crippen LogP contribution in [-0.2, 0) is 19.6 Å². The molecule has 1 N–H and O–H groups in total.